The molecular weight excluding hydrogens is 274 g/mol. The maximum Gasteiger partial charge on any atom is 0.0474 e. The fourth-order valence-electron chi connectivity index (χ4n) is 2.13. The summed E-state index contributed by atoms with van der Waals surface area (Å²) in [7, 11) is 0. The summed E-state index contributed by atoms with van der Waals surface area (Å²) in [6.45, 7) is 0.843. The van der Waals surface area contributed by atoms with E-state index in [4.69, 9.17) is 11.6 Å². The van der Waals surface area contributed by atoms with Crippen LogP contribution in [-0.2, 0) is 12.4 Å². The van der Waals surface area contributed by atoms with Gasteiger partial charge in [0, 0.05) is 22.8 Å². The number of fused-ring (bicyclic) bond motifs is 1. The molecule has 0 bridgehead atoms. The number of nitrogens with one attached hydrogen (secondary N) is 1. The van der Waals surface area contributed by atoms with Crippen molar-refractivity contribution in [2.45, 2.75) is 12.4 Å². The number of anilines is 1. The van der Waals surface area contributed by atoms with E-state index in [0.29, 0.717) is 5.88 Å². The molecule has 2 aromatic carbocycles. The van der Waals surface area contributed by atoms with Crippen LogP contribution in [0, 0.1) is 0 Å². The first-order valence-electron chi connectivity index (χ1n) is 6.21. The smallest absolute Gasteiger partial charge is 0.0474 e. The predicted molar refractivity (Wildman–Crippen MR) is 85.2 cm³/mol. The summed E-state index contributed by atoms with van der Waals surface area (Å²) in [6.07, 6.45) is 0. The Kier molecular flexibility index (Phi) is 3.72. The first kappa shape index (κ1) is 12.5. The third-order valence-electron chi connectivity index (χ3n) is 3.13. The van der Waals surface area contributed by atoms with Gasteiger partial charge in [0.2, 0.25) is 0 Å². The lowest BCUT2D eigenvalue weighted by Crippen LogP contribution is -1.98. The lowest BCUT2D eigenvalue weighted by Gasteiger charge is -2.07. The highest BCUT2D eigenvalue weighted by Crippen LogP contribution is 2.26. The van der Waals surface area contributed by atoms with Crippen LogP contribution in [0.1, 0.15) is 11.1 Å². The van der Waals surface area contributed by atoms with Gasteiger partial charge in [-0.25, -0.2) is 0 Å². The quantitative estimate of drug-likeness (QED) is 0.646. The van der Waals surface area contributed by atoms with Crippen LogP contribution in [0.25, 0.3) is 10.1 Å². The van der Waals surface area contributed by atoms with Crippen molar-refractivity contribution >= 4 is 38.7 Å². The number of hydrogen-bond acceptors (Lipinski definition) is 2. The van der Waals surface area contributed by atoms with Gasteiger partial charge in [0.25, 0.3) is 0 Å². The van der Waals surface area contributed by atoms with Crippen LogP contribution in [0.2, 0.25) is 0 Å². The Morgan fingerprint density at radius 3 is 2.84 bits per heavy atom. The number of halogens is 1. The molecule has 3 rings (SSSR count). The van der Waals surface area contributed by atoms with Crippen LogP contribution in [0.3, 0.4) is 0 Å². The molecule has 1 aromatic heterocycles. The summed E-state index contributed by atoms with van der Waals surface area (Å²) >= 11 is 7.65. The van der Waals surface area contributed by atoms with Crippen molar-refractivity contribution in [3.63, 3.8) is 0 Å². The Morgan fingerprint density at radius 1 is 1.05 bits per heavy atom. The van der Waals surface area contributed by atoms with Crippen LogP contribution in [0.5, 0.6) is 0 Å². The minimum Gasteiger partial charge on any atom is -0.381 e. The van der Waals surface area contributed by atoms with Gasteiger partial charge in [0.15, 0.2) is 0 Å². The lowest BCUT2D eigenvalue weighted by molar-refractivity contribution is 1.17. The fourth-order valence-corrected chi connectivity index (χ4v) is 3.26. The topological polar surface area (TPSA) is 12.0 Å². The molecule has 19 heavy (non-hydrogen) atoms. The second-order valence-electron chi connectivity index (χ2n) is 4.44. The predicted octanol–water partition coefficient (Wildman–Crippen LogP) is 5.25. The van der Waals surface area contributed by atoms with Crippen molar-refractivity contribution in [2.75, 3.05) is 5.32 Å². The molecule has 0 spiro atoms. The summed E-state index contributed by atoms with van der Waals surface area (Å²) in [6, 6.07) is 16.8. The third-order valence-corrected chi connectivity index (χ3v) is 4.45. The number of benzene rings is 2. The van der Waals surface area contributed by atoms with Crippen molar-refractivity contribution < 1.29 is 0 Å². The Morgan fingerprint density at radius 2 is 1.95 bits per heavy atom. The van der Waals surface area contributed by atoms with E-state index in [2.05, 4.69) is 47.1 Å². The van der Waals surface area contributed by atoms with Crippen molar-refractivity contribution in [2.24, 2.45) is 0 Å². The van der Waals surface area contributed by atoms with E-state index in [0.717, 1.165) is 17.8 Å². The normalized spacial score (nSPS) is 10.8. The van der Waals surface area contributed by atoms with Gasteiger partial charge >= 0.3 is 0 Å². The molecule has 0 saturated carbocycles. The molecule has 0 amide bonds. The summed E-state index contributed by atoms with van der Waals surface area (Å²) in [5.74, 6) is 0.552. The Labute approximate surface area is 121 Å². The molecule has 0 aliphatic rings. The molecule has 1 heterocycles. The van der Waals surface area contributed by atoms with Crippen LogP contribution in [0.4, 0.5) is 5.69 Å². The Hall–Kier alpha value is -1.51. The fraction of sp³-hybridized carbons (Fsp3) is 0.125. The molecular formula is C16H14ClNS. The second kappa shape index (κ2) is 5.64. The molecule has 0 aliphatic carbocycles. The summed E-state index contributed by atoms with van der Waals surface area (Å²) in [4.78, 5) is 0. The summed E-state index contributed by atoms with van der Waals surface area (Å²) in [5, 5.41) is 7.03. The van der Waals surface area contributed by atoms with Crippen molar-refractivity contribution in [3.8, 4) is 0 Å². The average Bonchev–Trinajstić information content (AvgIpc) is 2.89. The first-order chi connectivity index (χ1) is 9.36. The molecule has 0 unspecified atom stereocenters. The zero-order valence-corrected chi connectivity index (χ0v) is 12.0. The second-order valence-corrected chi connectivity index (χ2v) is 5.62. The van der Waals surface area contributed by atoms with E-state index in [1.54, 1.807) is 11.3 Å². The largest absolute Gasteiger partial charge is 0.381 e. The Bertz CT molecular complexity index is 690. The van der Waals surface area contributed by atoms with Gasteiger partial charge in [-0.05, 0) is 40.1 Å². The summed E-state index contributed by atoms with van der Waals surface area (Å²) < 4.78 is 1.34. The van der Waals surface area contributed by atoms with Crippen LogP contribution in [-0.4, -0.2) is 0 Å². The Balaban J connectivity index is 1.78. The molecule has 0 radical (unpaired) electrons. The molecule has 0 saturated heterocycles. The van der Waals surface area contributed by atoms with Crippen LogP contribution >= 0.6 is 22.9 Å². The molecule has 1 N–H and O–H groups in total. The van der Waals surface area contributed by atoms with E-state index in [1.807, 2.05) is 12.1 Å². The number of alkyl halides is 1. The van der Waals surface area contributed by atoms with E-state index in [1.165, 1.54) is 15.6 Å². The lowest BCUT2D eigenvalue weighted by atomic mass is 10.1. The van der Waals surface area contributed by atoms with E-state index < -0.39 is 0 Å². The van der Waals surface area contributed by atoms with Gasteiger partial charge in [0.1, 0.15) is 0 Å². The highest BCUT2D eigenvalue weighted by molar-refractivity contribution is 7.17. The average molecular weight is 288 g/mol. The van der Waals surface area contributed by atoms with Crippen LogP contribution in [0.15, 0.2) is 53.9 Å². The van der Waals surface area contributed by atoms with Gasteiger partial charge in [0.05, 0.1) is 0 Å². The minimum atomic E-state index is 0.552. The van der Waals surface area contributed by atoms with Gasteiger partial charge in [-0.1, -0.05) is 30.3 Å². The zero-order chi connectivity index (χ0) is 13.1. The molecule has 3 heteroatoms. The van der Waals surface area contributed by atoms with Crippen LogP contribution < -0.4 is 5.32 Å². The molecule has 3 aromatic rings. The molecule has 96 valence electrons. The van der Waals surface area contributed by atoms with E-state index >= 15 is 0 Å². The first-order valence-corrected chi connectivity index (χ1v) is 7.62. The van der Waals surface area contributed by atoms with Crippen molar-refractivity contribution in [1.82, 2.24) is 0 Å². The van der Waals surface area contributed by atoms with Gasteiger partial charge in [-0.2, -0.15) is 0 Å². The molecule has 1 nitrogen and oxygen atoms in total. The molecule has 0 aliphatic heterocycles. The number of rotatable bonds is 4. The molecule has 0 fully saturated rings. The highest BCUT2D eigenvalue weighted by Gasteiger charge is 2.03. The standard InChI is InChI=1S/C16H14ClNS/c17-9-12-4-3-5-14(8-12)18-10-13-11-19-16-7-2-1-6-15(13)16/h1-8,11,18H,9-10H2. The maximum atomic E-state index is 5.85. The van der Waals surface area contributed by atoms with Gasteiger partial charge < -0.3 is 5.32 Å². The number of thiophene rings is 1. The third kappa shape index (κ3) is 2.75. The highest BCUT2D eigenvalue weighted by atomic mass is 35.5. The van der Waals surface area contributed by atoms with Gasteiger partial charge in [-0.3, -0.25) is 0 Å². The van der Waals surface area contributed by atoms with Crippen molar-refractivity contribution in [1.29, 1.82) is 0 Å². The number of hydrogen-bond donors (Lipinski definition) is 1. The monoisotopic (exact) mass is 287 g/mol. The SMILES string of the molecule is ClCc1cccc(NCc2csc3ccccc23)c1. The van der Waals surface area contributed by atoms with E-state index in [-0.39, 0.29) is 0 Å². The zero-order valence-electron chi connectivity index (χ0n) is 10.4. The summed E-state index contributed by atoms with van der Waals surface area (Å²) in [5.41, 5.74) is 3.60. The van der Waals surface area contributed by atoms with E-state index in [9.17, 15) is 0 Å². The molecule has 0 atom stereocenters. The maximum absolute atomic E-state index is 5.85. The minimum absolute atomic E-state index is 0.552. The van der Waals surface area contributed by atoms with Crippen molar-refractivity contribution in [3.05, 3.63) is 65.0 Å². The van der Waals surface area contributed by atoms with Gasteiger partial charge in [-0.15, -0.1) is 22.9 Å².